The molecule has 0 spiro atoms. The van der Waals surface area contributed by atoms with E-state index in [2.05, 4.69) is 10.2 Å². The Bertz CT molecular complexity index is 145. The van der Waals surface area contributed by atoms with Gasteiger partial charge in [-0.05, 0) is 0 Å². The molecule has 0 atom stereocenters. The molecule has 7 heavy (non-hydrogen) atoms. The summed E-state index contributed by atoms with van der Waals surface area (Å²) in [5.41, 5.74) is 0. The van der Waals surface area contributed by atoms with Crippen LogP contribution in [-0.4, -0.2) is 59.2 Å². The number of hydrogen-bond donors (Lipinski definition) is 0. The van der Waals surface area contributed by atoms with E-state index in [4.69, 9.17) is 4.42 Å². The Kier molecular flexibility index (Phi) is 2.00. The van der Waals surface area contributed by atoms with Gasteiger partial charge in [0.1, 0.15) is 0 Å². The summed E-state index contributed by atoms with van der Waals surface area (Å²) in [6.07, 6.45) is 0. The molecule has 0 aliphatic heterocycles. The Balaban J connectivity index is 3.04. The SMILES string of the molecule is Cc1nn[c]([K])o1. The van der Waals surface area contributed by atoms with Gasteiger partial charge in [0.05, 0.1) is 0 Å². The van der Waals surface area contributed by atoms with E-state index in [1.807, 2.05) is 0 Å². The summed E-state index contributed by atoms with van der Waals surface area (Å²) in [5.74, 6) is 0.670. The predicted molar refractivity (Wildman–Crippen MR) is 24.4 cm³/mol. The van der Waals surface area contributed by atoms with Crippen LogP contribution in [-0.2, 0) is 0 Å². The van der Waals surface area contributed by atoms with Crippen LogP contribution in [0.1, 0.15) is 5.89 Å². The minimum absolute atomic E-state index is 0.536. The van der Waals surface area contributed by atoms with Gasteiger partial charge < -0.3 is 0 Å². The predicted octanol–water partition coefficient (Wildman–Crippen LogP) is -0.828. The summed E-state index contributed by atoms with van der Waals surface area (Å²) in [5, 5.41) is 7.33. The quantitative estimate of drug-likeness (QED) is 0.422. The molecule has 0 saturated carbocycles. The second-order valence-electron chi connectivity index (χ2n) is 1.34. The molecule has 0 aromatic carbocycles. The molecule has 0 fully saturated rings. The fourth-order valence-corrected chi connectivity index (χ4v) is 1.01. The zero-order valence-corrected chi connectivity index (χ0v) is 7.43. The van der Waals surface area contributed by atoms with Crippen molar-refractivity contribution in [2.45, 2.75) is 6.92 Å². The van der Waals surface area contributed by atoms with E-state index in [0.717, 1.165) is -0.0147 Å². The van der Waals surface area contributed by atoms with Gasteiger partial charge >= 0.3 is 76.4 Å². The van der Waals surface area contributed by atoms with E-state index in [1.54, 1.807) is 6.92 Å². The van der Waals surface area contributed by atoms with Gasteiger partial charge in [0.25, 0.3) is 0 Å². The third-order valence-electron chi connectivity index (χ3n) is 0.627. The Morgan fingerprint density at radius 1 is 1.57 bits per heavy atom. The Morgan fingerprint density at radius 3 is 2.43 bits per heavy atom. The maximum absolute atomic E-state index is 4.94. The standard InChI is InChI=1S/C3H3N2O.K/c1-3-5-4-2-6-3;/h1H3;. The normalized spacial score (nSPS) is 9.57. The second kappa shape index (κ2) is 2.37. The van der Waals surface area contributed by atoms with Crippen molar-refractivity contribution < 1.29 is 4.42 Å². The fraction of sp³-hybridized carbons (Fsp3) is 0.333. The molecule has 4 heteroatoms. The van der Waals surface area contributed by atoms with Crippen LogP contribution in [0, 0.1) is 6.92 Å². The van der Waals surface area contributed by atoms with Crippen molar-refractivity contribution in [2.24, 2.45) is 0 Å². The fourth-order valence-electron chi connectivity index (χ4n) is 0.395. The molecule has 1 rings (SSSR count). The van der Waals surface area contributed by atoms with Crippen LogP contribution < -0.4 is -0.0147 Å². The molecule has 0 aliphatic rings. The number of nitrogens with zero attached hydrogens (tertiary/aromatic N) is 2. The summed E-state index contributed by atoms with van der Waals surface area (Å²) >= 11 is 0.536. The molecule has 3 nitrogen and oxygen atoms in total. The summed E-state index contributed by atoms with van der Waals surface area (Å²) < 4.78 is 5.75. The molecule has 1 aromatic rings. The van der Waals surface area contributed by atoms with Crippen molar-refractivity contribution >= 4 is 48.9 Å². The molecule has 0 N–H and O–H groups in total. The van der Waals surface area contributed by atoms with E-state index in [1.165, 1.54) is 0 Å². The van der Waals surface area contributed by atoms with E-state index in [-0.39, 0.29) is 0 Å². The van der Waals surface area contributed by atoms with Gasteiger partial charge in [-0.15, -0.1) is 0 Å². The van der Waals surface area contributed by atoms with Gasteiger partial charge in [-0.3, -0.25) is 0 Å². The third kappa shape index (κ3) is 1.62. The zero-order chi connectivity index (χ0) is 5.28. The van der Waals surface area contributed by atoms with Crippen molar-refractivity contribution in [1.29, 1.82) is 0 Å². The number of aryl methyl sites for hydroxylation is 1. The minimum atomic E-state index is 0.536. The molecule has 0 unspecified atom stereocenters. The molecular formula is C3H3KN2O. The summed E-state index contributed by atoms with van der Waals surface area (Å²) in [6.45, 7) is 1.79. The van der Waals surface area contributed by atoms with Gasteiger partial charge in [-0.25, -0.2) is 0 Å². The topological polar surface area (TPSA) is 38.9 Å². The Morgan fingerprint density at radius 2 is 2.29 bits per heavy atom. The second-order valence-corrected chi connectivity index (χ2v) is 2.68. The molecule has 0 saturated heterocycles. The van der Waals surface area contributed by atoms with Crippen molar-refractivity contribution in [2.75, 3.05) is 0 Å². The molecule has 0 amide bonds. The van der Waals surface area contributed by atoms with Crippen molar-refractivity contribution in [3.05, 3.63) is 5.89 Å². The van der Waals surface area contributed by atoms with E-state index >= 15 is 0 Å². The van der Waals surface area contributed by atoms with Crippen LogP contribution >= 0.6 is 0 Å². The zero-order valence-electron chi connectivity index (χ0n) is 4.30. The van der Waals surface area contributed by atoms with Crippen molar-refractivity contribution in [3.8, 4) is 0 Å². The molecule has 0 radical (unpaired) electrons. The Labute approximate surface area is 75.1 Å². The van der Waals surface area contributed by atoms with E-state index in [0.29, 0.717) is 54.8 Å². The van der Waals surface area contributed by atoms with Crippen LogP contribution in [0.4, 0.5) is 0 Å². The third-order valence-corrected chi connectivity index (χ3v) is 1.26. The van der Waals surface area contributed by atoms with Gasteiger partial charge in [0.15, 0.2) is 0 Å². The first kappa shape index (κ1) is 5.90. The van der Waals surface area contributed by atoms with Gasteiger partial charge in [-0.2, -0.15) is 0 Å². The van der Waals surface area contributed by atoms with Gasteiger partial charge in [0.2, 0.25) is 0 Å². The number of aromatic nitrogens is 2. The van der Waals surface area contributed by atoms with E-state index in [9.17, 15) is 0 Å². The first-order valence-corrected chi connectivity index (χ1v) is 3.62. The molecule has 1 heterocycles. The van der Waals surface area contributed by atoms with Crippen LogP contribution in [0.2, 0.25) is 0 Å². The average Bonchev–Trinajstić information content (AvgIpc) is 1.87. The number of rotatable bonds is 0. The summed E-state index contributed by atoms with van der Waals surface area (Å²) in [7, 11) is 0. The maximum atomic E-state index is 4.94. The molecule has 32 valence electrons. The molecule has 1 aromatic heterocycles. The van der Waals surface area contributed by atoms with Crippen LogP contribution in [0.15, 0.2) is 4.42 Å². The first-order chi connectivity index (χ1) is 3.29. The van der Waals surface area contributed by atoms with Crippen molar-refractivity contribution in [3.63, 3.8) is 0 Å². The van der Waals surface area contributed by atoms with Gasteiger partial charge in [-0.1, -0.05) is 0 Å². The summed E-state index contributed by atoms with van der Waals surface area (Å²) in [4.78, 5) is 0. The summed E-state index contributed by atoms with van der Waals surface area (Å²) in [6, 6.07) is 0. The number of hydrogen-bond acceptors (Lipinski definition) is 3. The monoisotopic (exact) mass is 122 g/mol. The van der Waals surface area contributed by atoms with Crippen LogP contribution in [0.3, 0.4) is 0 Å². The van der Waals surface area contributed by atoms with E-state index < -0.39 is 0 Å². The molecule has 0 bridgehead atoms. The van der Waals surface area contributed by atoms with Crippen molar-refractivity contribution in [1.82, 2.24) is 10.2 Å². The molecule has 0 aliphatic carbocycles. The Hall–Kier alpha value is 0.776. The molecular weight excluding hydrogens is 119 g/mol. The van der Waals surface area contributed by atoms with Crippen LogP contribution in [0.25, 0.3) is 0 Å². The van der Waals surface area contributed by atoms with Gasteiger partial charge in [0, 0.05) is 0 Å². The average molecular weight is 122 g/mol. The first-order valence-electron chi connectivity index (χ1n) is 2.06. The van der Waals surface area contributed by atoms with Crippen LogP contribution in [0.5, 0.6) is 0 Å².